The van der Waals surface area contributed by atoms with Gasteiger partial charge in [0, 0.05) is 12.3 Å². The molecule has 1 heterocycles. The van der Waals surface area contributed by atoms with E-state index in [1.807, 2.05) is 30.3 Å². The van der Waals surface area contributed by atoms with Crippen LogP contribution in [-0.4, -0.2) is 22.8 Å². The van der Waals surface area contributed by atoms with Gasteiger partial charge in [-0.25, -0.2) is 0 Å². The molecule has 0 atom stereocenters. The minimum atomic E-state index is -1.04. The fourth-order valence-electron chi connectivity index (χ4n) is 1.84. The molecule has 5 nitrogen and oxygen atoms in total. The summed E-state index contributed by atoms with van der Waals surface area (Å²) < 4.78 is 6.28. The maximum Gasteiger partial charge on any atom is 0.323 e. The van der Waals surface area contributed by atoms with Crippen LogP contribution in [0.2, 0.25) is 0 Å². The largest absolute Gasteiger partial charge is 0.497 e. The van der Waals surface area contributed by atoms with Crippen molar-refractivity contribution in [3.63, 3.8) is 0 Å². The fourth-order valence-corrected chi connectivity index (χ4v) is 1.84. The van der Waals surface area contributed by atoms with Crippen LogP contribution >= 0.6 is 0 Å². The maximum atomic E-state index is 11.7. The van der Waals surface area contributed by atoms with Crippen molar-refractivity contribution in [1.82, 2.24) is 4.57 Å². The topological polar surface area (TPSA) is 68.5 Å². The maximum absolute atomic E-state index is 11.7. The van der Waals surface area contributed by atoms with E-state index in [-0.39, 0.29) is 12.1 Å². The summed E-state index contributed by atoms with van der Waals surface area (Å²) in [6, 6.07) is 10.6. The summed E-state index contributed by atoms with van der Waals surface area (Å²) in [5.41, 5.74) is 1.32. The minimum absolute atomic E-state index is 0.335. The zero-order chi connectivity index (χ0) is 15.2. The van der Waals surface area contributed by atoms with Gasteiger partial charge in [-0.1, -0.05) is 24.3 Å². The van der Waals surface area contributed by atoms with Crippen molar-refractivity contribution in [2.75, 3.05) is 7.11 Å². The lowest BCUT2D eigenvalue weighted by Crippen LogP contribution is -2.22. The highest BCUT2D eigenvalue weighted by Crippen LogP contribution is 2.14. The molecule has 0 amide bonds. The molecule has 21 heavy (non-hydrogen) atoms. The van der Waals surface area contributed by atoms with E-state index >= 15 is 0 Å². The summed E-state index contributed by atoms with van der Waals surface area (Å²) in [5.74, 6) is -0.286. The van der Waals surface area contributed by atoms with Gasteiger partial charge in [0.15, 0.2) is 0 Å². The Bertz CT molecular complexity index is 731. The quantitative estimate of drug-likeness (QED) is 0.913. The molecule has 0 aliphatic carbocycles. The third-order valence-electron chi connectivity index (χ3n) is 2.89. The van der Waals surface area contributed by atoms with Crippen molar-refractivity contribution >= 4 is 18.1 Å². The van der Waals surface area contributed by atoms with Crippen LogP contribution in [0.25, 0.3) is 12.2 Å². The molecule has 5 heteroatoms. The van der Waals surface area contributed by atoms with Gasteiger partial charge in [-0.3, -0.25) is 9.59 Å². The van der Waals surface area contributed by atoms with Crippen LogP contribution in [0.15, 0.2) is 47.4 Å². The number of carbonyl (C=O) groups is 1. The molecular weight excluding hydrogens is 270 g/mol. The molecule has 2 rings (SSSR count). The second kappa shape index (κ2) is 6.56. The zero-order valence-electron chi connectivity index (χ0n) is 11.5. The number of aliphatic carboxylic acids is 1. The Kier molecular flexibility index (Phi) is 4.56. The third-order valence-corrected chi connectivity index (χ3v) is 2.89. The second-order valence-corrected chi connectivity index (χ2v) is 4.43. The van der Waals surface area contributed by atoms with E-state index in [1.54, 1.807) is 19.3 Å². The number of hydrogen-bond donors (Lipinski definition) is 1. The Balaban J connectivity index is 2.19. The van der Waals surface area contributed by atoms with Crippen molar-refractivity contribution in [2.24, 2.45) is 0 Å². The van der Waals surface area contributed by atoms with E-state index in [1.165, 1.54) is 12.3 Å². The number of methoxy groups -OCH3 is 1. The average Bonchev–Trinajstić information content (AvgIpc) is 2.47. The van der Waals surface area contributed by atoms with Crippen LogP contribution in [0.1, 0.15) is 11.1 Å². The minimum Gasteiger partial charge on any atom is -0.497 e. The molecule has 1 aromatic heterocycles. The van der Waals surface area contributed by atoms with Gasteiger partial charge in [-0.2, -0.15) is 0 Å². The highest BCUT2D eigenvalue weighted by molar-refractivity contribution is 5.70. The van der Waals surface area contributed by atoms with E-state index < -0.39 is 5.97 Å². The lowest BCUT2D eigenvalue weighted by Gasteiger charge is -2.02. The van der Waals surface area contributed by atoms with Crippen molar-refractivity contribution in [1.29, 1.82) is 0 Å². The fraction of sp³-hybridized carbons (Fsp3) is 0.125. The summed E-state index contributed by atoms with van der Waals surface area (Å²) in [4.78, 5) is 22.3. The Morgan fingerprint density at radius 3 is 2.57 bits per heavy atom. The van der Waals surface area contributed by atoms with Crippen LogP contribution in [0.5, 0.6) is 5.75 Å². The molecule has 0 aliphatic heterocycles. The molecule has 0 fully saturated rings. The van der Waals surface area contributed by atoms with E-state index in [9.17, 15) is 9.59 Å². The number of pyridine rings is 1. The number of aromatic nitrogens is 1. The summed E-state index contributed by atoms with van der Waals surface area (Å²) >= 11 is 0. The highest BCUT2D eigenvalue weighted by Gasteiger charge is 2.01. The Morgan fingerprint density at radius 1 is 1.24 bits per heavy atom. The van der Waals surface area contributed by atoms with Crippen molar-refractivity contribution in [3.8, 4) is 5.75 Å². The van der Waals surface area contributed by atoms with Gasteiger partial charge < -0.3 is 14.4 Å². The van der Waals surface area contributed by atoms with Crippen molar-refractivity contribution < 1.29 is 14.6 Å². The number of nitrogens with zero attached hydrogens (tertiary/aromatic N) is 1. The smallest absolute Gasteiger partial charge is 0.323 e. The van der Waals surface area contributed by atoms with Crippen molar-refractivity contribution in [2.45, 2.75) is 6.54 Å². The van der Waals surface area contributed by atoms with Gasteiger partial charge in [-0.05, 0) is 29.3 Å². The number of carboxylic acid groups (broad SMARTS) is 1. The van der Waals surface area contributed by atoms with Gasteiger partial charge in [0.25, 0.3) is 5.56 Å². The van der Waals surface area contributed by atoms with Gasteiger partial charge in [0.1, 0.15) is 12.3 Å². The van der Waals surface area contributed by atoms with Crippen LogP contribution in [-0.2, 0) is 11.3 Å². The predicted octanol–water partition coefficient (Wildman–Crippen LogP) is 2.11. The summed E-state index contributed by atoms with van der Waals surface area (Å²) in [5, 5.41) is 8.68. The van der Waals surface area contributed by atoms with Crippen LogP contribution in [0.4, 0.5) is 0 Å². The molecule has 0 radical (unpaired) electrons. The summed E-state index contributed by atoms with van der Waals surface area (Å²) in [6.07, 6.45) is 5.13. The first-order valence-electron chi connectivity index (χ1n) is 6.33. The van der Waals surface area contributed by atoms with Crippen LogP contribution in [0, 0.1) is 0 Å². The molecule has 0 aliphatic rings. The first-order valence-corrected chi connectivity index (χ1v) is 6.33. The number of hydrogen-bond acceptors (Lipinski definition) is 3. The summed E-state index contributed by atoms with van der Waals surface area (Å²) in [7, 11) is 1.60. The van der Waals surface area contributed by atoms with E-state index in [0.717, 1.165) is 15.9 Å². The lowest BCUT2D eigenvalue weighted by molar-refractivity contribution is -0.137. The van der Waals surface area contributed by atoms with Gasteiger partial charge in [-0.15, -0.1) is 0 Å². The normalized spacial score (nSPS) is 10.7. The first kappa shape index (κ1) is 14.6. The van der Waals surface area contributed by atoms with E-state index in [2.05, 4.69) is 0 Å². The van der Waals surface area contributed by atoms with Crippen LogP contribution in [0.3, 0.4) is 0 Å². The Hall–Kier alpha value is -2.82. The zero-order valence-corrected chi connectivity index (χ0v) is 11.5. The molecule has 0 unspecified atom stereocenters. The second-order valence-electron chi connectivity index (χ2n) is 4.43. The monoisotopic (exact) mass is 285 g/mol. The number of carboxylic acids is 1. The van der Waals surface area contributed by atoms with Gasteiger partial charge in [0.2, 0.25) is 0 Å². The number of ether oxygens (including phenoxy) is 1. The van der Waals surface area contributed by atoms with Crippen LogP contribution < -0.4 is 10.3 Å². The number of rotatable bonds is 5. The summed E-state index contributed by atoms with van der Waals surface area (Å²) in [6.45, 7) is -0.335. The van der Waals surface area contributed by atoms with Gasteiger partial charge in [0.05, 0.1) is 7.11 Å². The third kappa shape index (κ3) is 4.07. The highest BCUT2D eigenvalue weighted by atomic mass is 16.5. The SMILES string of the molecule is COc1cccc(/C=C/c2ccn(CC(=O)O)c(=O)c2)c1. The lowest BCUT2D eigenvalue weighted by atomic mass is 10.1. The predicted molar refractivity (Wildman–Crippen MR) is 80.3 cm³/mol. The Morgan fingerprint density at radius 2 is 1.95 bits per heavy atom. The van der Waals surface area contributed by atoms with Crippen molar-refractivity contribution in [3.05, 3.63) is 64.1 Å². The average molecular weight is 285 g/mol. The van der Waals surface area contributed by atoms with E-state index in [0.29, 0.717) is 5.56 Å². The molecule has 0 spiro atoms. The standard InChI is InChI=1S/C16H15NO4/c1-21-14-4-2-3-12(9-14)5-6-13-7-8-17(11-16(19)20)15(18)10-13/h2-10H,11H2,1H3,(H,19,20)/b6-5+. The first-order chi connectivity index (χ1) is 10.1. The molecule has 1 aromatic carbocycles. The molecule has 2 aromatic rings. The molecule has 0 saturated heterocycles. The van der Waals surface area contributed by atoms with Gasteiger partial charge >= 0.3 is 5.97 Å². The van der Waals surface area contributed by atoms with E-state index in [4.69, 9.17) is 9.84 Å². The molecule has 108 valence electrons. The number of benzene rings is 1. The molecule has 1 N–H and O–H groups in total. The Labute approximate surface area is 121 Å². The molecular formula is C16H15NO4. The molecule has 0 bridgehead atoms. The molecule has 0 saturated carbocycles.